The van der Waals surface area contributed by atoms with Crippen LogP contribution < -0.4 is 10.1 Å². The van der Waals surface area contributed by atoms with Crippen molar-refractivity contribution in [3.63, 3.8) is 0 Å². The maximum absolute atomic E-state index is 14.0. The average molecular weight is 604 g/mol. The Kier molecular flexibility index (Phi) is 11.3. The van der Waals surface area contributed by atoms with E-state index in [1.54, 1.807) is 71.9 Å². The Morgan fingerprint density at radius 1 is 0.951 bits per heavy atom. The van der Waals surface area contributed by atoms with Crippen LogP contribution >= 0.6 is 0 Å². The lowest BCUT2D eigenvalue weighted by molar-refractivity contribution is -0.269. The third-order valence-electron chi connectivity index (χ3n) is 5.19. The molecule has 3 unspecified atom stereocenters. The summed E-state index contributed by atoms with van der Waals surface area (Å²) in [5.74, 6) is -1.38. The van der Waals surface area contributed by atoms with Gasteiger partial charge in [-0.25, -0.2) is 14.6 Å². The first-order valence-corrected chi connectivity index (χ1v) is 14.2. The zero-order valence-corrected chi connectivity index (χ0v) is 24.6. The number of halogens is 3. The molecule has 3 atom stereocenters. The summed E-state index contributed by atoms with van der Waals surface area (Å²) in [7, 11) is -1.93. The highest BCUT2D eigenvalue weighted by atomic mass is 32.2. The Morgan fingerprint density at radius 3 is 2.07 bits per heavy atom. The summed E-state index contributed by atoms with van der Waals surface area (Å²) in [5.41, 5.74) is -5.99. The molecule has 0 radical (unpaired) electrons. The number of alkyl halides is 3. The van der Waals surface area contributed by atoms with E-state index in [-0.39, 0.29) is 18.1 Å². The Bertz CT molecular complexity index is 1180. The van der Waals surface area contributed by atoms with Crippen LogP contribution in [0.3, 0.4) is 0 Å². The molecule has 41 heavy (non-hydrogen) atoms. The van der Waals surface area contributed by atoms with E-state index in [9.17, 15) is 32.1 Å². The fourth-order valence-electron chi connectivity index (χ4n) is 3.29. The van der Waals surface area contributed by atoms with Gasteiger partial charge in [-0.1, -0.05) is 18.2 Å². The second kappa shape index (κ2) is 13.6. The highest BCUT2D eigenvalue weighted by Gasteiger charge is 2.56. The third-order valence-corrected chi connectivity index (χ3v) is 6.54. The molecule has 0 saturated carbocycles. The van der Waals surface area contributed by atoms with Gasteiger partial charge in [-0.15, -0.1) is 0 Å². The van der Waals surface area contributed by atoms with Gasteiger partial charge in [0.1, 0.15) is 23.0 Å². The Morgan fingerprint density at radius 2 is 1.56 bits per heavy atom. The molecular weight excluding hydrogens is 567 g/mol. The molecule has 0 spiro atoms. The van der Waals surface area contributed by atoms with Crippen LogP contribution in [-0.4, -0.2) is 66.3 Å². The van der Waals surface area contributed by atoms with Gasteiger partial charge in [-0.3, -0.25) is 9.19 Å². The number of hydrogen-bond donors (Lipinski definition) is 2. The van der Waals surface area contributed by atoms with Crippen molar-refractivity contribution in [1.29, 1.82) is 0 Å². The number of benzene rings is 1. The lowest BCUT2D eigenvalue weighted by atomic mass is 9.96. The van der Waals surface area contributed by atoms with Crippen LogP contribution in [0.2, 0.25) is 0 Å². The fraction of sp³-hybridized carbons (Fsp3) is 0.556. The topological polar surface area (TPSA) is 137 Å². The molecule has 1 aromatic heterocycles. The van der Waals surface area contributed by atoms with Crippen molar-refractivity contribution in [2.75, 3.05) is 11.5 Å². The summed E-state index contributed by atoms with van der Waals surface area (Å²) in [6.45, 7) is 9.73. The maximum atomic E-state index is 14.0. The average Bonchev–Trinajstić information content (AvgIpc) is 2.83. The van der Waals surface area contributed by atoms with Gasteiger partial charge in [0.15, 0.2) is 0 Å². The number of rotatable bonds is 11. The van der Waals surface area contributed by atoms with E-state index >= 15 is 0 Å². The van der Waals surface area contributed by atoms with Crippen molar-refractivity contribution in [2.24, 2.45) is 0 Å². The van der Waals surface area contributed by atoms with Crippen molar-refractivity contribution in [1.82, 2.24) is 15.3 Å². The van der Waals surface area contributed by atoms with Gasteiger partial charge in [0.25, 0.3) is 0 Å². The van der Waals surface area contributed by atoms with Crippen molar-refractivity contribution in [2.45, 2.75) is 83.4 Å². The molecule has 228 valence electrons. The molecule has 2 N–H and O–H groups in total. The van der Waals surface area contributed by atoms with Crippen LogP contribution in [-0.2, 0) is 30.7 Å². The fourth-order valence-corrected chi connectivity index (χ4v) is 4.52. The maximum Gasteiger partial charge on any atom is 0.423 e. The van der Waals surface area contributed by atoms with Crippen molar-refractivity contribution >= 4 is 22.9 Å². The number of ether oxygens (including phenoxy) is 3. The number of nitrogens with zero attached hydrogens (tertiary/aromatic N) is 2. The highest BCUT2D eigenvalue weighted by molar-refractivity contribution is 7.84. The summed E-state index contributed by atoms with van der Waals surface area (Å²) in [6, 6.07) is 7.12. The summed E-state index contributed by atoms with van der Waals surface area (Å²) in [4.78, 5) is 32.4. The van der Waals surface area contributed by atoms with Gasteiger partial charge >= 0.3 is 18.2 Å². The van der Waals surface area contributed by atoms with Crippen LogP contribution in [0, 0.1) is 0 Å². The number of amides is 1. The Hall–Kier alpha value is -3.26. The van der Waals surface area contributed by atoms with Crippen LogP contribution in [0.25, 0.3) is 0 Å². The van der Waals surface area contributed by atoms with Gasteiger partial charge in [0.05, 0.1) is 18.1 Å². The van der Waals surface area contributed by atoms with Gasteiger partial charge < -0.3 is 24.6 Å². The SMILES string of the molecule is CC(C)(C)OC(=O)NC(CCS(=O)CCC(O)(c1cnc(Oc2ccccc2)cn1)C(F)(F)F)C(=O)OC(C)(C)C. The number of hydrogen-bond acceptors (Lipinski definition) is 9. The largest absolute Gasteiger partial charge is 0.458 e. The highest BCUT2D eigenvalue weighted by Crippen LogP contribution is 2.41. The standard InChI is InChI=1S/C27H36F3N3O7S/c1-24(2,3)39-22(34)19(33-23(35)40-25(4,5)6)12-14-41(37)15-13-26(36,27(28,29)30)20-16-32-21(17-31-20)38-18-10-8-7-9-11-18/h7-11,16-17,19,36H,12-15H2,1-6H3,(H,33,35). The molecule has 14 heteroatoms. The normalized spacial score (nSPS) is 15.3. The molecule has 0 aliphatic heterocycles. The molecule has 1 heterocycles. The summed E-state index contributed by atoms with van der Waals surface area (Å²) in [5, 5.41) is 13.0. The zero-order chi connectivity index (χ0) is 31.1. The van der Waals surface area contributed by atoms with Gasteiger partial charge in [0.2, 0.25) is 11.5 Å². The van der Waals surface area contributed by atoms with Crippen LogP contribution in [0.1, 0.15) is 60.1 Å². The number of carbonyl (C=O) groups excluding carboxylic acids is 2. The first-order valence-electron chi connectivity index (χ1n) is 12.7. The molecule has 0 fully saturated rings. The van der Waals surface area contributed by atoms with Gasteiger partial charge in [0, 0.05) is 28.7 Å². The van der Waals surface area contributed by atoms with Gasteiger partial charge in [-0.2, -0.15) is 13.2 Å². The molecular formula is C27H36F3N3O7S. The number of para-hydroxylation sites is 1. The molecule has 10 nitrogen and oxygen atoms in total. The number of alkyl carbamates (subject to hydrolysis) is 1. The number of carbonyl (C=O) groups is 2. The van der Waals surface area contributed by atoms with Crippen molar-refractivity contribution in [3.05, 3.63) is 48.4 Å². The zero-order valence-electron chi connectivity index (χ0n) is 23.8. The minimum Gasteiger partial charge on any atom is -0.458 e. The lowest BCUT2D eigenvalue weighted by Crippen LogP contribution is -2.47. The molecule has 0 saturated heterocycles. The van der Waals surface area contributed by atoms with E-state index in [0.717, 1.165) is 12.4 Å². The van der Waals surface area contributed by atoms with E-state index in [1.807, 2.05) is 0 Å². The predicted octanol–water partition coefficient (Wildman–Crippen LogP) is 4.78. The number of aromatic nitrogens is 2. The van der Waals surface area contributed by atoms with E-state index in [1.165, 1.54) is 0 Å². The van der Waals surface area contributed by atoms with Crippen LogP contribution in [0.5, 0.6) is 11.6 Å². The minimum absolute atomic E-state index is 0.0845. The predicted molar refractivity (Wildman–Crippen MR) is 145 cm³/mol. The first-order chi connectivity index (χ1) is 18.8. The van der Waals surface area contributed by atoms with Crippen molar-refractivity contribution < 1.29 is 46.3 Å². The van der Waals surface area contributed by atoms with Gasteiger partial charge in [-0.05, 0) is 60.1 Å². The molecule has 2 aromatic rings. The first kappa shape index (κ1) is 33.9. The summed E-state index contributed by atoms with van der Waals surface area (Å²) in [6.07, 6.45) is -5.58. The minimum atomic E-state index is -5.16. The molecule has 0 aliphatic rings. The Balaban J connectivity index is 2.09. The molecule has 1 amide bonds. The van der Waals surface area contributed by atoms with Crippen LogP contribution in [0.4, 0.5) is 18.0 Å². The molecule has 2 rings (SSSR count). The van der Waals surface area contributed by atoms with E-state index in [4.69, 9.17) is 14.2 Å². The smallest absolute Gasteiger partial charge is 0.423 e. The monoisotopic (exact) mass is 603 g/mol. The van der Waals surface area contributed by atoms with Crippen LogP contribution in [0.15, 0.2) is 42.7 Å². The van der Waals surface area contributed by atoms with Crippen molar-refractivity contribution in [3.8, 4) is 11.6 Å². The molecule has 0 aliphatic carbocycles. The second-order valence-electron chi connectivity index (χ2n) is 11.1. The second-order valence-corrected chi connectivity index (χ2v) is 12.8. The molecule has 1 aromatic carbocycles. The number of esters is 1. The summed E-state index contributed by atoms with van der Waals surface area (Å²) >= 11 is 0. The Labute approximate surface area is 239 Å². The van der Waals surface area contributed by atoms with E-state index in [2.05, 4.69) is 15.3 Å². The quantitative estimate of drug-likeness (QED) is 0.348. The molecule has 0 bridgehead atoms. The third kappa shape index (κ3) is 11.3. The summed E-state index contributed by atoms with van der Waals surface area (Å²) < 4.78 is 70.5. The number of nitrogens with one attached hydrogen (secondary N) is 1. The lowest BCUT2D eigenvalue weighted by Gasteiger charge is -2.29. The van der Waals surface area contributed by atoms with E-state index < -0.39 is 69.8 Å². The van der Waals surface area contributed by atoms with E-state index in [0.29, 0.717) is 5.75 Å². The number of aliphatic hydroxyl groups is 1.